The third kappa shape index (κ3) is 3.55. The fraction of sp³-hybridized carbons (Fsp3) is 0.167. The molecule has 0 spiro atoms. The lowest BCUT2D eigenvalue weighted by Crippen LogP contribution is -2.51. The lowest BCUT2D eigenvalue weighted by atomic mass is 9.98. The molecule has 2 aromatic heterocycles. The zero-order valence-electron chi connectivity index (χ0n) is 17.2. The number of rotatable bonds is 6. The minimum absolute atomic E-state index is 0.116. The van der Waals surface area contributed by atoms with E-state index in [1.54, 1.807) is 18.2 Å². The maximum Gasteiger partial charge on any atom is 0.240 e. The van der Waals surface area contributed by atoms with Crippen LogP contribution in [0.15, 0.2) is 40.1 Å². The summed E-state index contributed by atoms with van der Waals surface area (Å²) in [6.07, 6.45) is 0. The standard InChI is InChI=1S/C18H17N9O4S3/c19-16(20)18-23-14-10(2-1-3-11(14)32-18)9-4-5-12(33(28,29)8-6-22-7-8)15(34(21,30)31)13(9)17-24-26-27-25-17/h1-5,8,22H,6-7H2,(H3,19,20)(H2,21,30,31)(H,24,25,26,27). The van der Waals surface area contributed by atoms with Gasteiger partial charge in [0.25, 0.3) is 0 Å². The molecule has 4 aromatic rings. The van der Waals surface area contributed by atoms with Crippen LogP contribution in [0.2, 0.25) is 0 Å². The number of aromatic amines is 1. The Morgan fingerprint density at radius 2 is 1.88 bits per heavy atom. The molecule has 0 atom stereocenters. The van der Waals surface area contributed by atoms with Crippen LogP contribution in [0.4, 0.5) is 0 Å². The summed E-state index contributed by atoms with van der Waals surface area (Å²) in [5.41, 5.74) is 6.67. The Bertz CT molecular complexity index is 1660. The molecule has 1 aliphatic heterocycles. The number of thiazole rings is 1. The van der Waals surface area contributed by atoms with Crippen molar-refractivity contribution in [2.75, 3.05) is 13.1 Å². The molecular formula is C18H17N9O4S3. The number of sulfone groups is 1. The number of fused-ring (bicyclic) bond motifs is 1. The number of aromatic nitrogens is 5. The molecule has 2 aromatic carbocycles. The van der Waals surface area contributed by atoms with Crippen molar-refractivity contribution in [1.29, 1.82) is 5.41 Å². The smallest absolute Gasteiger partial charge is 0.240 e. The van der Waals surface area contributed by atoms with Crippen molar-refractivity contribution < 1.29 is 16.8 Å². The number of nitrogens with zero attached hydrogens (tertiary/aromatic N) is 4. The van der Waals surface area contributed by atoms with Gasteiger partial charge in [-0.3, -0.25) is 5.41 Å². The quantitative estimate of drug-likeness (QED) is 0.167. The SMILES string of the molecule is N=C(N)c1nc2c(-c3ccc(S(=O)(=O)C4CNC4)c(S(N)(=O)=O)c3-c3nn[nH]n3)cccc2s1. The summed E-state index contributed by atoms with van der Waals surface area (Å²) in [5.74, 6) is -0.367. The minimum atomic E-state index is -4.58. The van der Waals surface area contributed by atoms with E-state index in [9.17, 15) is 16.8 Å². The van der Waals surface area contributed by atoms with Crippen molar-refractivity contribution in [3.8, 4) is 22.5 Å². The first-order valence-corrected chi connectivity index (χ1v) is 13.6. The van der Waals surface area contributed by atoms with E-state index in [1.807, 2.05) is 0 Å². The Labute approximate surface area is 197 Å². The molecule has 176 valence electrons. The van der Waals surface area contributed by atoms with Crippen LogP contribution >= 0.6 is 11.3 Å². The Kier molecular flexibility index (Phi) is 5.21. The predicted molar refractivity (Wildman–Crippen MR) is 124 cm³/mol. The summed E-state index contributed by atoms with van der Waals surface area (Å²) >= 11 is 1.19. The van der Waals surface area contributed by atoms with Gasteiger partial charge in [-0.15, -0.1) is 21.5 Å². The highest BCUT2D eigenvalue weighted by atomic mass is 32.2. The highest BCUT2D eigenvalue weighted by molar-refractivity contribution is 7.94. The molecular weight excluding hydrogens is 502 g/mol. The average molecular weight is 520 g/mol. The Hall–Kier alpha value is -3.31. The second-order valence-electron chi connectivity index (χ2n) is 7.51. The van der Waals surface area contributed by atoms with Gasteiger partial charge in [-0.05, 0) is 22.9 Å². The summed E-state index contributed by atoms with van der Waals surface area (Å²) in [6.45, 7) is 0.384. The van der Waals surface area contributed by atoms with E-state index in [-0.39, 0.29) is 40.9 Å². The van der Waals surface area contributed by atoms with Crippen LogP contribution in [-0.4, -0.2) is 66.6 Å². The summed E-state index contributed by atoms with van der Waals surface area (Å²) in [5, 5.41) is 29.2. The van der Waals surface area contributed by atoms with E-state index in [2.05, 4.69) is 30.9 Å². The molecule has 16 heteroatoms. The van der Waals surface area contributed by atoms with Crippen LogP contribution in [0, 0.1) is 5.41 Å². The summed E-state index contributed by atoms with van der Waals surface area (Å²) in [6, 6.07) is 7.88. The topological polar surface area (TPSA) is 224 Å². The molecule has 0 saturated carbocycles. The van der Waals surface area contributed by atoms with Gasteiger partial charge in [0.05, 0.1) is 25.9 Å². The van der Waals surface area contributed by atoms with Crippen LogP contribution in [-0.2, 0) is 19.9 Å². The molecule has 7 N–H and O–H groups in total. The van der Waals surface area contributed by atoms with E-state index in [1.165, 1.54) is 23.5 Å². The van der Waals surface area contributed by atoms with Crippen LogP contribution < -0.4 is 16.2 Å². The van der Waals surface area contributed by atoms with Gasteiger partial charge in [0.1, 0.15) is 4.90 Å². The Morgan fingerprint density at radius 1 is 1.12 bits per heavy atom. The van der Waals surface area contributed by atoms with E-state index >= 15 is 0 Å². The second kappa shape index (κ2) is 7.88. The number of nitrogens with two attached hydrogens (primary N) is 2. The molecule has 0 aliphatic carbocycles. The van der Waals surface area contributed by atoms with Gasteiger partial charge in [-0.1, -0.05) is 18.2 Å². The fourth-order valence-electron chi connectivity index (χ4n) is 3.73. The van der Waals surface area contributed by atoms with E-state index in [0.717, 1.165) is 0 Å². The molecule has 13 nitrogen and oxygen atoms in total. The van der Waals surface area contributed by atoms with Crippen molar-refractivity contribution in [2.45, 2.75) is 15.0 Å². The van der Waals surface area contributed by atoms with E-state index < -0.39 is 34.9 Å². The maximum absolute atomic E-state index is 13.3. The second-order valence-corrected chi connectivity index (χ2v) is 12.2. The number of sulfonamides is 1. The molecule has 1 aliphatic rings. The van der Waals surface area contributed by atoms with Gasteiger partial charge in [-0.2, -0.15) is 5.21 Å². The number of amidine groups is 1. The number of hydrogen-bond donors (Lipinski definition) is 5. The fourth-order valence-corrected chi connectivity index (χ4v) is 7.76. The summed E-state index contributed by atoms with van der Waals surface area (Å²) in [4.78, 5) is 3.38. The van der Waals surface area contributed by atoms with Crippen LogP contribution in [0.5, 0.6) is 0 Å². The third-order valence-corrected chi connectivity index (χ3v) is 9.74. The normalized spacial score (nSPS) is 14.9. The van der Waals surface area contributed by atoms with Crippen molar-refractivity contribution >= 4 is 47.2 Å². The van der Waals surface area contributed by atoms with E-state index in [4.69, 9.17) is 16.3 Å². The van der Waals surface area contributed by atoms with Gasteiger partial charge in [-0.25, -0.2) is 27.0 Å². The van der Waals surface area contributed by atoms with Crippen molar-refractivity contribution in [3.05, 3.63) is 35.3 Å². The molecule has 0 radical (unpaired) electrons. The largest absolute Gasteiger partial charge is 0.382 e. The molecule has 0 unspecified atom stereocenters. The molecule has 3 heterocycles. The number of para-hydroxylation sites is 1. The molecule has 34 heavy (non-hydrogen) atoms. The van der Waals surface area contributed by atoms with Gasteiger partial charge < -0.3 is 11.1 Å². The first kappa shape index (κ1) is 22.5. The predicted octanol–water partition coefficient (Wildman–Crippen LogP) is -0.180. The number of H-pyrrole nitrogens is 1. The van der Waals surface area contributed by atoms with Gasteiger partial charge in [0.2, 0.25) is 15.8 Å². The van der Waals surface area contributed by atoms with E-state index in [0.29, 0.717) is 15.8 Å². The highest BCUT2D eigenvalue weighted by Gasteiger charge is 2.39. The van der Waals surface area contributed by atoms with Crippen LogP contribution in [0.25, 0.3) is 32.7 Å². The molecule has 0 bridgehead atoms. The molecule has 1 fully saturated rings. The third-order valence-electron chi connectivity index (χ3n) is 5.40. The zero-order chi connectivity index (χ0) is 24.3. The number of nitrogens with one attached hydrogen (secondary N) is 3. The average Bonchev–Trinajstić information content (AvgIpc) is 3.40. The number of tetrazole rings is 1. The number of benzene rings is 2. The van der Waals surface area contributed by atoms with Crippen LogP contribution in [0.1, 0.15) is 5.01 Å². The summed E-state index contributed by atoms with van der Waals surface area (Å²) in [7, 11) is -8.62. The van der Waals surface area contributed by atoms with Crippen molar-refractivity contribution in [3.63, 3.8) is 0 Å². The highest BCUT2D eigenvalue weighted by Crippen LogP contribution is 2.42. The lowest BCUT2D eigenvalue weighted by Gasteiger charge is -2.28. The number of nitrogen functional groups attached to an aromatic ring is 1. The summed E-state index contributed by atoms with van der Waals surface area (Å²) < 4.78 is 52.9. The van der Waals surface area contributed by atoms with Gasteiger partial charge in [0, 0.05) is 18.7 Å². The maximum atomic E-state index is 13.3. The lowest BCUT2D eigenvalue weighted by molar-refractivity contribution is 0.493. The van der Waals surface area contributed by atoms with Crippen LogP contribution in [0.3, 0.4) is 0 Å². The first-order valence-electron chi connectivity index (χ1n) is 9.71. The first-order chi connectivity index (χ1) is 16.1. The monoisotopic (exact) mass is 519 g/mol. The molecule has 0 amide bonds. The van der Waals surface area contributed by atoms with Crippen molar-refractivity contribution in [1.82, 2.24) is 30.9 Å². The van der Waals surface area contributed by atoms with Gasteiger partial charge >= 0.3 is 0 Å². The minimum Gasteiger partial charge on any atom is -0.382 e. The molecule has 1 saturated heterocycles. The zero-order valence-corrected chi connectivity index (χ0v) is 19.6. The Morgan fingerprint density at radius 3 is 2.47 bits per heavy atom. The molecule has 5 rings (SSSR count). The number of hydrogen-bond acceptors (Lipinski definition) is 11. The Balaban J connectivity index is 1.89. The van der Waals surface area contributed by atoms with Gasteiger partial charge in [0.15, 0.2) is 20.7 Å². The number of primary sulfonamides is 1. The van der Waals surface area contributed by atoms with Crippen molar-refractivity contribution in [2.24, 2.45) is 10.9 Å².